The highest BCUT2D eigenvalue weighted by atomic mass is 16.3. The van der Waals surface area contributed by atoms with Gasteiger partial charge in [0.15, 0.2) is 0 Å². The fraction of sp³-hybridized carbons (Fsp3) is 0.273. The maximum atomic E-state index is 8.51. The van der Waals surface area contributed by atoms with Gasteiger partial charge >= 0.3 is 0 Å². The van der Waals surface area contributed by atoms with Crippen LogP contribution in [0.15, 0.2) is 47.0 Å². The monoisotopic (exact) mass is 335 g/mol. The second-order valence-electron chi connectivity index (χ2n) is 6.52. The molecule has 0 radical (unpaired) electrons. The third-order valence-electron chi connectivity index (χ3n) is 4.19. The minimum atomic E-state index is -2.31. The standard InChI is InChI=1S/C22H22N2O/c1-13(2)10-16-11-20(23-12-14(16)3)19-7-5-6-17-18-9-8-15(4)24-22(18)25-21(17)19/h5-9,11-13H,10H2,1-4H3/i4D3,10D2. The molecule has 0 N–H and O–H groups in total. The smallest absolute Gasteiger partial charge is 0.227 e. The van der Waals surface area contributed by atoms with E-state index >= 15 is 0 Å². The summed E-state index contributed by atoms with van der Waals surface area (Å²) in [6.07, 6.45) is 0.178. The van der Waals surface area contributed by atoms with Gasteiger partial charge in [0.25, 0.3) is 0 Å². The average Bonchev–Trinajstić information content (AvgIpc) is 3.05. The molecule has 0 fully saturated rings. The summed E-state index contributed by atoms with van der Waals surface area (Å²) in [6.45, 7) is 3.25. The van der Waals surface area contributed by atoms with Gasteiger partial charge in [-0.3, -0.25) is 4.98 Å². The number of fused-ring (bicyclic) bond motifs is 3. The summed E-state index contributed by atoms with van der Waals surface area (Å²) in [6, 6.07) is 10.6. The summed E-state index contributed by atoms with van der Waals surface area (Å²) in [5.74, 6) is -0.198. The molecule has 0 saturated heterocycles. The summed E-state index contributed by atoms with van der Waals surface area (Å²) in [7, 11) is 0. The number of rotatable bonds is 3. The number of benzene rings is 1. The van der Waals surface area contributed by atoms with Crippen LogP contribution in [-0.2, 0) is 6.37 Å². The fourth-order valence-corrected chi connectivity index (χ4v) is 3.02. The minimum Gasteiger partial charge on any atom is -0.437 e. The van der Waals surface area contributed by atoms with Gasteiger partial charge in [-0.1, -0.05) is 26.0 Å². The largest absolute Gasteiger partial charge is 0.437 e. The average molecular weight is 335 g/mol. The van der Waals surface area contributed by atoms with Gasteiger partial charge in [-0.2, -0.15) is 0 Å². The number of aromatic nitrogens is 2. The predicted octanol–water partition coefficient (Wildman–Crippen LogP) is 5.86. The van der Waals surface area contributed by atoms with E-state index in [1.54, 1.807) is 18.3 Å². The van der Waals surface area contributed by atoms with Gasteiger partial charge in [-0.05, 0) is 61.5 Å². The van der Waals surface area contributed by atoms with Gasteiger partial charge in [-0.25, -0.2) is 4.98 Å². The van der Waals surface area contributed by atoms with Gasteiger partial charge < -0.3 is 4.42 Å². The van der Waals surface area contributed by atoms with E-state index in [2.05, 4.69) is 9.97 Å². The number of hydrogen-bond donors (Lipinski definition) is 0. The molecule has 3 nitrogen and oxygen atoms in total. The van der Waals surface area contributed by atoms with Crippen LogP contribution in [0.2, 0.25) is 0 Å². The Morgan fingerprint density at radius 2 is 2.08 bits per heavy atom. The first-order chi connectivity index (χ1) is 14.0. The first-order valence-corrected chi connectivity index (χ1v) is 8.30. The number of hydrogen-bond acceptors (Lipinski definition) is 3. The molecule has 0 unspecified atom stereocenters. The van der Waals surface area contributed by atoms with Crippen molar-refractivity contribution in [1.82, 2.24) is 9.97 Å². The Kier molecular flexibility index (Phi) is 2.65. The highest BCUT2D eigenvalue weighted by Gasteiger charge is 2.14. The number of nitrogens with zero attached hydrogens (tertiary/aromatic N) is 2. The van der Waals surface area contributed by atoms with Crippen molar-refractivity contribution >= 4 is 22.1 Å². The lowest BCUT2D eigenvalue weighted by Crippen LogP contribution is -1.99. The van der Waals surface area contributed by atoms with Crippen molar-refractivity contribution in [3.05, 3.63) is 59.4 Å². The molecule has 0 bridgehead atoms. The van der Waals surface area contributed by atoms with Crippen LogP contribution in [0.25, 0.3) is 33.3 Å². The first kappa shape index (κ1) is 11.0. The van der Waals surface area contributed by atoms with Crippen molar-refractivity contribution < 1.29 is 11.3 Å². The van der Waals surface area contributed by atoms with E-state index in [-0.39, 0.29) is 17.3 Å². The van der Waals surface area contributed by atoms with Crippen molar-refractivity contribution in [2.24, 2.45) is 5.92 Å². The molecule has 0 aliphatic heterocycles. The third kappa shape index (κ3) is 2.80. The molecule has 1 aromatic carbocycles. The maximum absolute atomic E-state index is 8.51. The van der Waals surface area contributed by atoms with E-state index in [0.717, 1.165) is 16.3 Å². The summed E-state index contributed by atoms with van der Waals surface area (Å²) >= 11 is 0. The van der Waals surface area contributed by atoms with Crippen LogP contribution < -0.4 is 0 Å². The van der Waals surface area contributed by atoms with Gasteiger partial charge in [0.05, 0.1) is 5.69 Å². The Bertz CT molecular complexity index is 1260. The van der Waals surface area contributed by atoms with E-state index in [9.17, 15) is 0 Å². The maximum Gasteiger partial charge on any atom is 0.227 e. The quantitative estimate of drug-likeness (QED) is 0.471. The van der Waals surface area contributed by atoms with Crippen LogP contribution >= 0.6 is 0 Å². The zero-order chi connectivity index (χ0) is 21.8. The third-order valence-corrected chi connectivity index (χ3v) is 4.19. The molecule has 3 heterocycles. The SMILES string of the molecule is [2H]C([2H])([2H])c1ccc2c(n1)oc1c(-c3cc(C([2H])([2H])C(C)C)c(C)cn3)cccc12. The number of pyridine rings is 2. The Morgan fingerprint density at radius 1 is 1.20 bits per heavy atom. The number of aryl methyl sites for hydroxylation is 2. The molecule has 3 heteroatoms. The molecule has 0 saturated carbocycles. The molecule has 0 spiro atoms. The second-order valence-corrected chi connectivity index (χ2v) is 6.52. The van der Waals surface area contributed by atoms with E-state index in [0.29, 0.717) is 22.4 Å². The summed E-state index contributed by atoms with van der Waals surface area (Å²) in [4.78, 5) is 8.73. The molecule has 4 aromatic rings. The number of para-hydroxylation sites is 1. The topological polar surface area (TPSA) is 38.9 Å². The van der Waals surface area contributed by atoms with Crippen LogP contribution in [0.3, 0.4) is 0 Å². The highest BCUT2D eigenvalue weighted by Crippen LogP contribution is 2.35. The molecule has 4 rings (SSSR count). The number of furan rings is 1. The summed E-state index contributed by atoms with van der Waals surface area (Å²) in [5.41, 5.74) is 3.49. The first-order valence-electron chi connectivity index (χ1n) is 10.8. The van der Waals surface area contributed by atoms with Gasteiger partial charge in [0.1, 0.15) is 5.58 Å². The molecule has 0 aliphatic carbocycles. The molecule has 25 heavy (non-hydrogen) atoms. The molecule has 0 amide bonds. The zero-order valence-electron chi connectivity index (χ0n) is 19.4. The van der Waals surface area contributed by atoms with Crippen molar-refractivity contribution in [3.8, 4) is 11.3 Å². The van der Waals surface area contributed by atoms with E-state index in [1.807, 2.05) is 39.0 Å². The van der Waals surface area contributed by atoms with E-state index in [4.69, 9.17) is 11.3 Å². The van der Waals surface area contributed by atoms with Crippen molar-refractivity contribution in [1.29, 1.82) is 0 Å². The van der Waals surface area contributed by atoms with Crippen LogP contribution in [-0.4, -0.2) is 9.97 Å². The highest BCUT2D eigenvalue weighted by molar-refractivity contribution is 6.08. The van der Waals surface area contributed by atoms with Gasteiger partial charge in [0, 0.05) is 35.1 Å². The molecule has 126 valence electrons. The second kappa shape index (κ2) is 5.99. The lowest BCUT2D eigenvalue weighted by molar-refractivity contribution is 0.644. The Morgan fingerprint density at radius 3 is 2.88 bits per heavy atom. The van der Waals surface area contributed by atoms with Crippen LogP contribution in [0, 0.1) is 19.7 Å². The zero-order valence-corrected chi connectivity index (χ0v) is 14.4. The van der Waals surface area contributed by atoms with Crippen LogP contribution in [0.4, 0.5) is 0 Å². The Labute approximate surface area is 154 Å². The lowest BCUT2D eigenvalue weighted by Gasteiger charge is -2.10. The Balaban J connectivity index is 1.94. The summed E-state index contributed by atoms with van der Waals surface area (Å²) < 4.78 is 45.7. The minimum absolute atomic E-state index is 0.0171. The fourth-order valence-electron chi connectivity index (χ4n) is 3.02. The molecular weight excluding hydrogens is 308 g/mol. The lowest BCUT2D eigenvalue weighted by atomic mass is 9.97. The van der Waals surface area contributed by atoms with Crippen molar-refractivity contribution in [3.63, 3.8) is 0 Å². The molecule has 3 aromatic heterocycles. The molecule has 0 aliphatic rings. The Hall–Kier alpha value is -2.68. The van der Waals surface area contributed by atoms with Crippen LogP contribution in [0.5, 0.6) is 0 Å². The van der Waals surface area contributed by atoms with Crippen LogP contribution in [0.1, 0.15) is 37.5 Å². The van der Waals surface area contributed by atoms with E-state index in [1.165, 1.54) is 6.07 Å². The van der Waals surface area contributed by atoms with Crippen molar-refractivity contribution in [2.45, 2.75) is 34.0 Å². The van der Waals surface area contributed by atoms with Crippen molar-refractivity contribution in [2.75, 3.05) is 0 Å². The predicted molar refractivity (Wildman–Crippen MR) is 103 cm³/mol. The van der Waals surface area contributed by atoms with Gasteiger partial charge in [0.2, 0.25) is 5.71 Å². The van der Waals surface area contributed by atoms with E-state index < -0.39 is 13.2 Å². The molecule has 0 atom stereocenters. The normalized spacial score (nSPS) is 15.8. The van der Waals surface area contributed by atoms with Gasteiger partial charge in [-0.15, -0.1) is 0 Å². The molecular formula is C22H22N2O. The summed E-state index contributed by atoms with van der Waals surface area (Å²) in [5, 5.41) is 1.53.